The number of ether oxygens (including phenoxy) is 2. The number of amides is 3. The van der Waals surface area contributed by atoms with E-state index in [1.807, 2.05) is 0 Å². The average Bonchev–Trinajstić information content (AvgIpc) is 2.92. The van der Waals surface area contributed by atoms with Crippen molar-refractivity contribution in [2.45, 2.75) is 18.1 Å². The number of imide groups is 1. The van der Waals surface area contributed by atoms with Crippen molar-refractivity contribution in [3.63, 3.8) is 0 Å². The second kappa shape index (κ2) is 7.74. The number of rotatable bonds is 5. The van der Waals surface area contributed by atoms with Gasteiger partial charge in [-0.25, -0.2) is 4.79 Å². The molecule has 7 nitrogen and oxygen atoms in total. The molecule has 1 saturated heterocycles. The summed E-state index contributed by atoms with van der Waals surface area (Å²) in [5, 5.41) is 13.9. The molecule has 2 heterocycles. The van der Waals surface area contributed by atoms with Gasteiger partial charge in [-0.3, -0.25) is 9.69 Å². The summed E-state index contributed by atoms with van der Waals surface area (Å²) in [5.74, 6) is 0.500. The third kappa shape index (κ3) is 3.61. The van der Waals surface area contributed by atoms with Gasteiger partial charge in [0.2, 0.25) is 0 Å². The normalized spacial score (nSPS) is 21.6. The first kappa shape index (κ1) is 19.8. The van der Waals surface area contributed by atoms with E-state index in [-0.39, 0.29) is 13.2 Å². The lowest BCUT2D eigenvalue weighted by Crippen LogP contribution is -2.48. The molecule has 0 saturated carbocycles. The van der Waals surface area contributed by atoms with Crippen LogP contribution in [-0.2, 0) is 10.3 Å². The molecule has 0 radical (unpaired) electrons. The van der Waals surface area contributed by atoms with Crippen molar-refractivity contribution in [1.82, 2.24) is 10.2 Å². The molecular formula is C20H18Cl2N2O5. The van der Waals surface area contributed by atoms with E-state index in [9.17, 15) is 14.7 Å². The molecule has 152 valence electrons. The molecule has 2 aromatic rings. The fourth-order valence-corrected chi connectivity index (χ4v) is 4.04. The van der Waals surface area contributed by atoms with Crippen LogP contribution in [-0.4, -0.2) is 47.8 Å². The van der Waals surface area contributed by atoms with E-state index in [1.54, 1.807) is 36.4 Å². The first-order valence-electron chi connectivity index (χ1n) is 9.03. The summed E-state index contributed by atoms with van der Waals surface area (Å²) in [7, 11) is 0. The van der Waals surface area contributed by atoms with Crippen molar-refractivity contribution in [3.05, 3.63) is 58.1 Å². The molecule has 3 amide bonds. The molecule has 0 aromatic heterocycles. The van der Waals surface area contributed by atoms with E-state index >= 15 is 0 Å². The van der Waals surface area contributed by atoms with Gasteiger partial charge < -0.3 is 19.9 Å². The van der Waals surface area contributed by atoms with Crippen LogP contribution in [0.3, 0.4) is 0 Å². The van der Waals surface area contributed by atoms with Gasteiger partial charge in [-0.05, 0) is 24.3 Å². The van der Waals surface area contributed by atoms with Crippen molar-refractivity contribution in [3.8, 4) is 11.5 Å². The number of aliphatic hydroxyl groups is 1. The SMILES string of the molecule is O=C1N[C@]2(CCOc3ccccc32)C(=O)N1C[C@H](O)COc1ccc(Cl)cc1Cl. The Balaban J connectivity index is 1.46. The molecule has 2 N–H and O–H groups in total. The van der Waals surface area contributed by atoms with Gasteiger partial charge in [-0.2, -0.15) is 0 Å². The van der Waals surface area contributed by atoms with Gasteiger partial charge in [0, 0.05) is 17.0 Å². The van der Waals surface area contributed by atoms with E-state index in [0.717, 1.165) is 4.90 Å². The van der Waals surface area contributed by atoms with Crippen molar-refractivity contribution >= 4 is 35.1 Å². The number of fused-ring (bicyclic) bond motifs is 2. The number of urea groups is 1. The largest absolute Gasteiger partial charge is 0.493 e. The van der Waals surface area contributed by atoms with Crippen LogP contribution in [0.25, 0.3) is 0 Å². The highest BCUT2D eigenvalue weighted by Gasteiger charge is 2.55. The van der Waals surface area contributed by atoms with E-state index < -0.39 is 23.6 Å². The molecule has 2 aliphatic heterocycles. The molecule has 1 spiro atoms. The zero-order chi connectivity index (χ0) is 20.6. The fraction of sp³-hybridized carbons (Fsp3) is 0.300. The highest BCUT2D eigenvalue weighted by molar-refractivity contribution is 6.35. The van der Waals surface area contributed by atoms with E-state index in [0.29, 0.717) is 40.1 Å². The minimum Gasteiger partial charge on any atom is -0.493 e. The zero-order valence-corrected chi connectivity index (χ0v) is 16.7. The molecule has 2 aliphatic rings. The van der Waals surface area contributed by atoms with Gasteiger partial charge in [-0.1, -0.05) is 41.4 Å². The lowest BCUT2D eigenvalue weighted by Gasteiger charge is -2.33. The maximum absolute atomic E-state index is 13.2. The number of nitrogens with zero attached hydrogens (tertiary/aromatic N) is 1. The molecule has 1 fully saturated rings. The highest BCUT2D eigenvalue weighted by atomic mass is 35.5. The molecule has 0 aliphatic carbocycles. The third-order valence-corrected chi connectivity index (χ3v) is 5.51. The van der Waals surface area contributed by atoms with E-state index in [4.69, 9.17) is 32.7 Å². The Bertz CT molecular complexity index is 970. The first-order chi connectivity index (χ1) is 13.9. The van der Waals surface area contributed by atoms with Crippen molar-refractivity contribution < 1.29 is 24.2 Å². The number of β-amino-alcohol motifs (C(OH)–C–C–N with tert-alkyl or cyclic N) is 1. The maximum atomic E-state index is 13.2. The summed E-state index contributed by atoms with van der Waals surface area (Å²) >= 11 is 11.9. The predicted molar refractivity (Wildman–Crippen MR) is 106 cm³/mol. The van der Waals surface area contributed by atoms with E-state index in [2.05, 4.69) is 5.32 Å². The molecule has 2 aromatic carbocycles. The number of hydrogen-bond donors (Lipinski definition) is 2. The number of aliphatic hydroxyl groups excluding tert-OH is 1. The quantitative estimate of drug-likeness (QED) is 0.703. The smallest absolute Gasteiger partial charge is 0.325 e. The Morgan fingerprint density at radius 1 is 1.24 bits per heavy atom. The van der Waals surface area contributed by atoms with Crippen LogP contribution in [0.15, 0.2) is 42.5 Å². The second-order valence-electron chi connectivity index (χ2n) is 6.89. The third-order valence-electron chi connectivity index (χ3n) is 4.98. The number of carbonyl (C=O) groups excluding carboxylic acids is 2. The van der Waals surface area contributed by atoms with Crippen LogP contribution in [0.2, 0.25) is 10.0 Å². The Labute approximate surface area is 177 Å². The Kier molecular flexibility index (Phi) is 5.29. The molecule has 4 rings (SSSR count). The van der Waals surface area contributed by atoms with Crippen LogP contribution in [0.5, 0.6) is 11.5 Å². The molecule has 2 atom stereocenters. The Morgan fingerprint density at radius 2 is 2.03 bits per heavy atom. The first-order valence-corrected chi connectivity index (χ1v) is 9.78. The van der Waals surface area contributed by atoms with Crippen molar-refractivity contribution in [2.75, 3.05) is 19.8 Å². The van der Waals surface area contributed by atoms with Gasteiger partial charge in [0.25, 0.3) is 5.91 Å². The summed E-state index contributed by atoms with van der Waals surface area (Å²) in [6.07, 6.45) is -0.778. The van der Waals surface area contributed by atoms with Gasteiger partial charge in [-0.15, -0.1) is 0 Å². The van der Waals surface area contributed by atoms with Crippen LogP contribution in [0, 0.1) is 0 Å². The summed E-state index contributed by atoms with van der Waals surface area (Å²) < 4.78 is 11.1. The molecule has 0 unspecified atom stereocenters. The molecule has 0 bridgehead atoms. The number of para-hydroxylation sites is 1. The Morgan fingerprint density at radius 3 is 2.83 bits per heavy atom. The number of nitrogens with one attached hydrogen (secondary N) is 1. The summed E-state index contributed by atoms with van der Waals surface area (Å²) in [6, 6.07) is 11.3. The second-order valence-corrected chi connectivity index (χ2v) is 7.73. The average molecular weight is 437 g/mol. The standard InChI is InChI=1S/C20H18Cl2N2O5/c21-12-5-6-17(15(22)9-12)29-11-13(25)10-24-18(26)20(23-19(24)27)7-8-28-16-4-2-1-3-14(16)20/h1-6,9,13,25H,7-8,10-11H2,(H,23,27)/t13-,20-/m0/s1. The van der Waals surface area contributed by atoms with Crippen molar-refractivity contribution in [1.29, 1.82) is 0 Å². The topological polar surface area (TPSA) is 88.1 Å². The monoisotopic (exact) mass is 436 g/mol. The zero-order valence-electron chi connectivity index (χ0n) is 15.2. The Hall–Kier alpha value is -2.48. The summed E-state index contributed by atoms with van der Waals surface area (Å²) in [6.45, 7) is -0.0522. The predicted octanol–water partition coefficient (Wildman–Crippen LogP) is 2.96. The number of halogens is 2. The molecule has 29 heavy (non-hydrogen) atoms. The number of carbonyl (C=O) groups is 2. The highest BCUT2D eigenvalue weighted by Crippen LogP contribution is 2.41. The fourth-order valence-electron chi connectivity index (χ4n) is 3.58. The van der Waals surface area contributed by atoms with Gasteiger partial charge >= 0.3 is 6.03 Å². The lowest BCUT2D eigenvalue weighted by atomic mass is 9.84. The molecular weight excluding hydrogens is 419 g/mol. The van der Waals surface area contributed by atoms with Crippen LogP contribution in [0.4, 0.5) is 4.79 Å². The van der Waals surface area contributed by atoms with Crippen molar-refractivity contribution in [2.24, 2.45) is 0 Å². The van der Waals surface area contributed by atoms with Gasteiger partial charge in [0.05, 0.1) is 18.2 Å². The summed E-state index contributed by atoms with van der Waals surface area (Å²) in [5.41, 5.74) is -0.558. The number of benzene rings is 2. The lowest BCUT2D eigenvalue weighted by molar-refractivity contribution is -0.133. The van der Waals surface area contributed by atoms with E-state index in [1.165, 1.54) is 6.07 Å². The van der Waals surface area contributed by atoms with Gasteiger partial charge in [0.15, 0.2) is 5.54 Å². The van der Waals surface area contributed by atoms with Crippen LogP contribution in [0.1, 0.15) is 12.0 Å². The van der Waals surface area contributed by atoms with Crippen LogP contribution >= 0.6 is 23.2 Å². The van der Waals surface area contributed by atoms with Gasteiger partial charge in [0.1, 0.15) is 24.2 Å². The maximum Gasteiger partial charge on any atom is 0.325 e. The summed E-state index contributed by atoms with van der Waals surface area (Å²) in [4.78, 5) is 26.7. The molecule has 9 heteroatoms. The van der Waals surface area contributed by atoms with Crippen LogP contribution < -0.4 is 14.8 Å². The minimum atomic E-state index is -1.17. The number of hydrogen-bond acceptors (Lipinski definition) is 5. The minimum absolute atomic E-state index is 0.148.